The van der Waals surface area contributed by atoms with Gasteiger partial charge in [-0.05, 0) is 5.92 Å². The van der Waals surface area contributed by atoms with Gasteiger partial charge in [0.25, 0.3) is 0 Å². The molecular formula is C14H27B. The highest BCUT2D eigenvalue weighted by Gasteiger charge is 2.17. The van der Waals surface area contributed by atoms with E-state index in [-0.39, 0.29) is 5.31 Å². The maximum absolute atomic E-state index is 6.30. The molecule has 0 aromatic carbocycles. The molecule has 2 atom stereocenters. The quantitative estimate of drug-likeness (QED) is 0.495. The second-order valence-electron chi connectivity index (χ2n) is 5.96. The second kappa shape index (κ2) is 6.61. The molecule has 0 aliphatic heterocycles. The van der Waals surface area contributed by atoms with Crippen molar-refractivity contribution in [3.8, 4) is 0 Å². The normalized spacial score (nSPS) is 36.5. The summed E-state index contributed by atoms with van der Waals surface area (Å²) in [5, 5.41) is 0.110. The Kier molecular flexibility index (Phi) is 5.78. The van der Waals surface area contributed by atoms with Crippen LogP contribution in [0.3, 0.4) is 0 Å². The maximum Gasteiger partial charge on any atom is 0.0742 e. The lowest BCUT2D eigenvalue weighted by molar-refractivity contribution is 0.388. The molecule has 0 bridgehead atoms. The predicted molar refractivity (Wildman–Crippen MR) is 69.5 cm³/mol. The van der Waals surface area contributed by atoms with E-state index in [2.05, 4.69) is 13.8 Å². The van der Waals surface area contributed by atoms with Gasteiger partial charge in [-0.15, -0.1) is 0 Å². The summed E-state index contributed by atoms with van der Waals surface area (Å²) in [6.45, 7) is 4.64. The molecule has 2 radical (unpaired) electrons. The summed E-state index contributed by atoms with van der Waals surface area (Å²) in [4.78, 5) is 0. The maximum atomic E-state index is 6.30. The highest BCUT2D eigenvalue weighted by Crippen LogP contribution is 2.35. The first-order chi connectivity index (χ1) is 7.10. The third-order valence-corrected chi connectivity index (χ3v) is 3.89. The molecule has 1 aliphatic carbocycles. The molecule has 0 aromatic heterocycles. The van der Waals surface area contributed by atoms with Crippen LogP contribution >= 0.6 is 0 Å². The SMILES string of the molecule is [B]C1(C)CCCCCCCC(C)CCC1. The fraction of sp³-hybridized carbons (Fsp3) is 1.00. The van der Waals surface area contributed by atoms with Crippen molar-refractivity contribution in [2.24, 2.45) is 5.92 Å². The first-order valence-electron chi connectivity index (χ1n) is 6.89. The van der Waals surface area contributed by atoms with Crippen LogP contribution in [-0.2, 0) is 0 Å². The summed E-state index contributed by atoms with van der Waals surface area (Å²) < 4.78 is 0. The molecule has 1 rings (SSSR count). The van der Waals surface area contributed by atoms with Crippen LogP contribution in [0.25, 0.3) is 0 Å². The average Bonchev–Trinajstić information content (AvgIpc) is 2.14. The molecule has 1 saturated carbocycles. The van der Waals surface area contributed by atoms with E-state index >= 15 is 0 Å². The van der Waals surface area contributed by atoms with Gasteiger partial charge in [0.05, 0.1) is 7.85 Å². The van der Waals surface area contributed by atoms with Crippen molar-refractivity contribution < 1.29 is 0 Å². The highest BCUT2D eigenvalue weighted by atomic mass is 14.2. The van der Waals surface area contributed by atoms with E-state index in [1.165, 1.54) is 64.2 Å². The van der Waals surface area contributed by atoms with Crippen molar-refractivity contribution in [2.45, 2.75) is 83.4 Å². The molecule has 0 amide bonds. The topological polar surface area (TPSA) is 0 Å². The molecule has 2 unspecified atom stereocenters. The molecule has 86 valence electrons. The van der Waals surface area contributed by atoms with Crippen molar-refractivity contribution >= 4 is 7.85 Å². The van der Waals surface area contributed by atoms with Crippen LogP contribution in [0.2, 0.25) is 5.31 Å². The molecule has 0 spiro atoms. The Hall–Kier alpha value is 0.0649. The van der Waals surface area contributed by atoms with Crippen LogP contribution in [-0.4, -0.2) is 7.85 Å². The summed E-state index contributed by atoms with van der Waals surface area (Å²) in [6, 6.07) is 0. The second-order valence-corrected chi connectivity index (χ2v) is 5.96. The third kappa shape index (κ3) is 6.27. The average molecular weight is 206 g/mol. The fourth-order valence-corrected chi connectivity index (χ4v) is 2.68. The van der Waals surface area contributed by atoms with E-state index in [9.17, 15) is 0 Å². The van der Waals surface area contributed by atoms with Crippen LogP contribution < -0.4 is 0 Å². The zero-order chi connectivity index (χ0) is 11.1. The Labute approximate surface area is 97.6 Å². The van der Waals surface area contributed by atoms with Crippen LogP contribution in [0.1, 0.15) is 78.1 Å². The first-order valence-corrected chi connectivity index (χ1v) is 6.89. The number of hydrogen-bond donors (Lipinski definition) is 0. The van der Waals surface area contributed by atoms with Gasteiger partial charge in [0.2, 0.25) is 0 Å². The van der Waals surface area contributed by atoms with Gasteiger partial charge in [0, 0.05) is 0 Å². The summed E-state index contributed by atoms with van der Waals surface area (Å²) in [5.41, 5.74) is 0. The van der Waals surface area contributed by atoms with E-state index in [0.717, 1.165) is 5.92 Å². The lowest BCUT2D eigenvalue weighted by atomic mass is 9.64. The van der Waals surface area contributed by atoms with Crippen molar-refractivity contribution in [1.29, 1.82) is 0 Å². The van der Waals surface area contributed by atoms with E-state index in [1.54, 1.807) is 0 Å². The molecule has 0 saturated heterocycles. The summed E-state index contributed by atoms with van der Waals surface area (Å²) >= 11 is 0. The van der Waals surface area contributed by atoms with Crippen molar-refractivity contribution in [1.82, 2.24) is 0 Å². The molecule has 0 N–H and O–H groups in total. The van der Waals surface area contributed by atoms with E-state index in [0.29, 0.717) is 0 Å². The zero-order valence-corrected chi connectivity index (χ0v) is 10.7. The molecule has 15 heavy (non-hydrogen) atoms. The zero-order valence-electron chi connectivity index (χ0n) is 10.7. The van der Waals surface area contributed by atoms with Crippen LogP contribution in [0.5, 0.6) is 0 Å². The lowest BCUT2D eigenvalue weighted by Crippen LogP contribution is -2.09. The van der Waals surface area contributed by atoms with Crippen molar-refractivity contribution in [2.75, 3.05) is 0 Å². The van der Waals surface area contributed by atoms with Gasteiger partial charge in [0.1, 0.15) is 0 Å². The number of rotatable bonds is 0. The molecule has 1 fully saturated rings. The van der Waals surface area contributed by atoms with Gasteiger partial charge in [-0.2, -0.15) is 0 Å². The molecule has 0 aromatic rings. The van der Waals surface area contributed by atoms with Gasteiger partial charge in [-0.3, -0.25) is 0 Å². The first kappa shape index (κ1) is 13.1. The molecule has 0 heterocycles. The molecule has 0 nitrogen and oxygen atoms in total. The largest absolute Gasteiger partial charge is 0.0742 e. The van der Waals surface area contributed by atoms with Gasteiger partial charge in [-0.25, -0.2) is 0 Å². The van der Waals surface area contributed by atoms with Crippen molar-refractivity contribution in [3.63, 3.8) is 0 Å². The molecular weight excluding hydrogens is 179 g/mol. The van der Waals surface area contributed by atoms with Crippen LogP contribution in [0.15, 0.2) is 0 Å². The van der Waals surface area contributed by atoms with Gasteiger partial charge >= 0.3 is 0 Å². The molecule has 1 aliphatic rings. The highest BCUT2D eigenvalue weighted by molar-refractivity contribution is 6.14. The fourth-order valence-electron chi connectivity index (χ4n) is 2.68. The summed E-state index contributed by atoms with van der Waals surface area (Å²) in [7, 11) is 6.30. The lowest BCUT2D eigenvalue weighted by Gasteiger charge is -2.26. The third-order valence-electron chi connectivity index (χ3n) is 3.89. The monoisotopic (exact) mass is 206 g/mol. The minimum absolute atomic E-state index is 0.110. The Balaban J connectivity index is 2.33. The van der Waals surface area contributed by atoms with Crippen LogP contribution in [0, 0.1) is 5.92 Å². The Bertz CT molecular complexity index is 163. The molecule has 1 heteroatoms. The summed E-state index contributed by atoms with van der Waals surface area (Å²) in [5.74, 6) is 0.917. The van der Waals surface area contributed by atoms with E-state index < -0.39 is 0 Å². The van der Waals surface area contributed by atoms with E-state index in [1.807, 2.05) is 0 Å². The Morgan fingerprint density at radius 1 is 0.867 bits per heavy atom. The minimum atomic E-state index is 0.110. The Morgan fingerprint density at radius 3 is 2.20 bits per heavy atom. The predicted octanol–water partition coefficient (Wildman–Crippen LogP) is 4.88. The number of hydrogen-bond acceptors (Lipinski definition) is 0. The Morgan fingerprint density at radius 2 is 1.40 bits per heavy atom. The van der Waals surface area contributed by atoms with Gasteiger partial charge in [-0.1, -0.05) is 83.4 Å². The van der Waals surface area contributed by atoms with Crippen LogP contribution in [0.4, 0.5) is 0 Å². The van der Waals surface area contributed by atoms with Gasteiger partial charge < -0.3 is 0 Å². The minimum Gasteiger partial charge on any atom is -0.0688 e. The smallest absolute Gasteiger partial charge is 0.0688 e. The standard InChI is InChI=1S/C14H27B/c1-13-9-6-4-3-5-7-11-14(2,15)12-8-10-13/h13H,3-12H2,1-2H3. The van der Waals surface area contributed by atoms with E-state index in [4.69, 9.17) is 7.85 Å². The van der Waals surface area contributed by atoms with Crippen molar-refractivity contribution in [3.05, 3.63) is 0 Å². The van der Waals surface area contributed by atoms with Gasteiger partial charge in [0.15, 0.2) is 0 Å². The summed E-state index contributed by atoms with van der Waals surface area (Å²) in [6.07, 6.45) is 13.6.